The second-order valence-electron chi connectivity index (χ2n) is 7.95. The van der Waals surface area contributed by atoms with E-state index in [9.17, 15) is 9.90 Å². The Morgan fingerprint density at radius 1 is 1.29 bits per heavy atom. The van der Waals surface area contributed by atoms with Gasteiger partial charge in [0.25, 0.3) is 0 Å². The quantitative estimate of drug-likeness (QED) is 0.743. The highest BCUT2D eigenvalue weighted by Crippen LogP contribution is 2.61. The second-order valence-corrected chi connectivity index (χ2v) is 7.95. The summed E-state index contributed by atoms with van der Waals surface area (Å²) in [6, 6.07) is 0. The lowest BCUT2D eigenvalue weighted by molar-refractivity contribution is -0.143. The molecule has 116 valence electrons. The third-order valence-corrected chi connectivity index (χ3v) is 7.44. The summed E-state index contributed by atoms with van der Waals surface area (Å²) < 4.78 is 0. The number of aliphatic hydroxyl groups excluding tert-OH is 1. The van der Waals surface area contributed by atoms with Gasteiger partial charge in [0, 0.05) is 11.8 Å². The molecular formula is C19H28O2. The van der Waals surface area contributed by atoms with E-state index in [1.54, 1.807) is 5.57 Å². The maximum atomic E-state index is 12.5. The summed E-state index contributed by atoms with van der Waals surface area (Å²) in [5.41, 5.74) is 1.46. The van der Waals surface area contributed by atoms with Gasteiger partial charge in [-0.25, -0.2) is 0 Å². The molecule has 21 heavy (non-hydrogen) atoms. The molecule has 4 rings (SSSR count). The minimum Gasteiger partial charge on any atom is -0.393 e. The molecule has 4 aliphatic carbocycles. The van der Waals surface area contributed by atoms with Crippen LogP contribution in [0.1, 0.15) is 64.7 Å². The molecule has 2 nitrogen and oxygen atoms in total. The molecule has 0 bridgehead atoms. The Morgan fingerprint density at radius 3 is 2.95 bits per heavy atom. The van der Waals surface area contributed by atoms with Crippen molar-refractivity contribution < 1.29 is 9.90 Å². The van der Waals surface area contributed by atoms with E-state index in [4.69, 9.17) is 0 Å². The van der Waals surface area contributed by atoms with Crippen LogP contribution in [0.5, 0.6) is 0 Å². The van der Waals surface area contributed by atoms with Gasteiger partial charge in [-0.3, -0.25) is 4.79 Å². The van der Waals surface area contributed by atoms with Crippen molar-refractivity contribution >= 4 is 5.78 Å². The Bertz CT molecular complexity index is 480. The third-order valence-electron chi connectivity index (χ3n) is 7.44. The average molecular weight is 288 g/mol. The van der Waals surface area contributed by atoms with Crippen LogP contribution in [0.25, 0.3) is 0 Å². The van der Waals surface area contributed by atoms with Gasteiger partial charge in [-0.15, -0.1) is 0 Å². The summed E-state index contributed by atoms with van der Waals surface area (Å²) in [5, 5.41) is 10.9. The summed E-state index contributed by atoms with van der Waals surface area (Å²) in [7, 11) is 0. The highest BCUT2D eigenvalue weighted by atomic mass is 16.3. The minimum absolute atomic E-state index is 0.170. The van der Waals surface area contributed by atoms with Crippen molar-refractivity contribution in [1.29, 1.82) is 0 Å². The lowest BCUT2D eigenvalue weighted by Gasteiger charge is -2.55. The predicted octanol–water partition coefficient (Wildman–Crippen LogP) is 3.88. The number of rotatable bonds is 1. The van der Waals surface area contributed by atoms with Crippen molar-refractivity contribution in [2.75, 3.05) is 0 Å². The van der Waals surface area contributed by atoms with Crippen molar-refractivity contribution in [3.63, 3.8) is 0 Å². The normalized spacial score (nSPS) is 49.1. The van der Waals surface area contributed by atoms with Gasteiger partial charge in [-0.05, 0) is 75.0 Å². The number of carbonyl (C=O) groups excluding carboxylic acids is 1. The molecule has 3 saturated carbocycles. The zero-order chi connectivity index (χ0) is 14.6. The first-order valence-corrected chi connectivity index (χ1v) is 9.07. The number of fused-ring (bicyclic) bond motifs is 5. The Balaban J connectivity index is 1.70. The molecule has 0 saturated heterocycles. The molecule has 0 aromatic carbocycles. The minimum atomic E-state index is -0.250. The first-order chi connectivity index (χ1) is 10.2. The third kappa shape index (κ3) is 1.84. The SMILES string of the molecule is CCC12CC(O)[C@H]3[C@@H](CCC4=CCCC[C@@H]43)[C@@H]1CCC2=O. The van der Waals surface area contributed by atoms with E-state index in [1.165, 1.54) is 32.1 Å². The van der Waals surface area contributed by atoms with Gasteiger partial charge in [0.2, 0.25) is 0 Å². The monoisotopic (exact) mass is 288 g/mol. The molecule has 0 aliphatic heterocycles. The molecular weight excluding hydrogens is 260 g/mol. The fraction of sp³-hybridized carbons (Fsp3) is 0.842. The first-order valence-electron chi connectivity index (χ1n) is 9.07. The molecule has 0 heterocycles. The van der Waals surface area contributed by atoms with Gasteiger partial charge in [0.15, 0.2) is 0 Å². The van der Waals surface area contributed by atoms with Crippen LogP contribution in [0.4, 0.5) is 0 Å². The fourth-order valence-corrected chi connectivity index (χ4v) is 6.56. The van der Waals surface area contributed by atoms with Gasteiger partial charge in [0.05, 0.1) is 6.10 Å². The van der Waals surface area contributed by atoms with Crippen molar-refractivity contribution in [3.05, 3.63) is 11.6 Å². The van der Waals surface area contributed by atoms with Crippen molar-refractivity contribution in [1.82, 2.24) is 0 Å². The van der Waals surface area contributed by atoms with E-state index in [0.717, 1.165) is 25.7 Å². The molecule has 4 aliphatic rings. The van der Waals surface area contributed by atoms with Gasteiger partial charge >= 0.3 is 0 Å². The van der Waals surface area contributed by atoms with E-state index < -0.39 is 0 Å². The van der Waals surface area contributed by atoms with Crippen LogP contribution >= 0.6 is 0 Å². The number of ketones is 1. The smallest absolute Gasteiger partial charge is 0.139 e. The highest BCUT2D eigenvalue weighted by molar-refractivity contribution is 5.87. The summed E-state index contributed by atoms with van der Waals surface area (Å²) in [6.07, 6.45) is 12.0. The molecule has 2 heteroatoms. The molecule has 6 atom stereocenters. The van der Waals surface area contributed by atoms with Gasteiger partial charge in [-0.2, -0.15) is 0 Å². The van der Waals surface area contributed by atoms with Crippen LogP contribution in [-0.4, -0.2) is 17.0 Å². The maximum absolute atomic E-state index is 12.5. The van der Waals surface area contributed by atoms with Gasteiger partial charge in [0.1, 0.15) is 5.78 Å². The number of hydrogen-bond acceptors (Lipinski definition) is 2. The summed E-state index contributed by atoms with van der Waals surface area (Å²) in [6.45, 7) is 2.16. The highest BCUT2D eigenvalue weighted by Gasteiger charge is 2.60. The Hall–Kier alpha value is -0.630. The maximum Gasteiger partial charge on any atom is 0.139 e. The van der Waals surface area contributed by atoms with Crippen molar-refractivity contribution in [2.45, 2.75) is 70.8 Å². The molecule has 0 radical (unpaired) electrons. The van der Waals surface area contributed by atoms with E-state index >= 15 is 0 Å². The average Bonchev–Trinajstić information content (AvgIpc) is 2.84. The van der Waals surface area contributed by atoms with Crippen LogP contribution < -0.4 is 0 Å². The Morgan fingerprint density at radius 2 is 2.14 bits per heavy atom. The predicted molar refractivity (Wildman–Crippen MR) is 82.7 cm³/mol. The van der Waals surface area contributed by atoms with Crippen LogP contribution in [0.15, 0.2) is 11.6 Å². The number of Topliss-reactive ketones (excluding diaryl/α,β-unsaturated/α-hetero) is 1. The van der Waals surface area contributed by atoms with Crippen molar-refractivity contribution in [2.24, 2.45) is 29.1 Å². The van der Waals surface area contributed by atoms with E-state index in [2.05, 4.69) is 13.0 Å². The second kappa shape index (κ2) is 4.94. The zero-order valence-electron chi connectivity index (χ0n) is 13.2. The van der Waals surface area contributed by atoms with Crippen LogP contribution in [-0.2, 0) is 4.79 Å². The Kier molecular flexibility index (Phi) is 3.29. The number of aliphatic hydroxyl groups is 1. The van der Waals surface area contributed by atoms with E-state index in [1.807, 2.05) is 0 Å². The summed E-state index contributed by atoms with van der Waals surface area (Å²) in [5.74, 6) is 2.68. The molecule has 2 unspecified atom stereocenters. The molecule has 0 spiro atoms. The molecule has 0 aromatic rings. The fourth-order valence-electron chi connectivity index (χ4n) is 6.56. The largest absolute Gasteiger partial charge is 0.393 e. The van der Waals surface area contributed by atoms with Crippen LogP contribution in [0.2, 0.25) is 0 Å². The summed E-state index contributed by atoms with van der Waals surface area (Å²) in [4.78, 5) is 12.5. The summed E-state index contributed by atoms with van der Waals surface area (Å²) >= 11 is 0. The lowest BCUT2D eigenvalue weighted by atomic mass is 9.50. The number of hydrogen-bond donors (Lipinski definition) is 1. The number of carbonyl (C=O) groups is 1. The number of allylic oxidation sites excluding steroid dienone is 2. The van der Waals surface area contributed by atoms with Crippen molar-refractivity contribution in [3.8, 4) is 0 Å². The van der Waals surface area contributed by atoms with Crippen LogP contribution in [0.3, 0.4) is 0 Å². The van der Waals surface area contributed by atoms with Crippen LogP contribution in [0, 0.1) is 29.1 Å². The van der Waals surface area contributed by atoms with Gasteiger partial charge < -0.3 is 5.11 Å². The van der Waals surface area contributed by atoms with E-state index in [0.29, 0.717) is 29.5 Å². The van der Waals surface area contributed by atoms with E-state index in [-0.39, 0.29) is 11.5 Å². The van der Waals surface area contributed by atoms with Gasteiger partial charge in [-0.1, -0.05) is 18.6 Å². The lowest BCUT2D eigenvalue weighted by Crippen LogP contribution is -2.53. The molecule has 0 amide bonds. The standard InChI is InChI=1S/C19H28O2/c1-2-19-11-16(20)18-13-6-4-3-5-12(13)7-8-14(18)15(19)9-10-17(19)21/h5,13-16,18,20H,2-4,6-11H2,1H3/t13-,14-,15-,16?,18+,19?/m0/s1. The first kappa shape index (κ1) is 14.0. The zero-order valence-corrected chi connectivity index (χ0v) is 13.2. The molecule has 0 aromatic heterocycles. The Labute approximate surface area is 128 Å². The molecule has 1 N–H and O–H groups in total. The topological polar surface area (TPSA) is 37.3 Å². The molecule has 3 fully saturated rings.